The summed E-state index contributed by atoms with van der Waals surface area (Å²) in [7, 11) is 0. The Morgan fingerprint density at radius 1 is 1.07 bits per heavy atom. The molecule has 2 aromatic rings. The quantitative estimate of drug-likeness (QED) is 0.782. The molecule has 0 aliphatic carbocycles. The largest absolute Gasteiger partial charge is 0.324 e. The second kappa shape index (κ2) is 6.94. The average Bonchev–Trinajstić information content (AvgIpc) is 3.34. The number of benzene rings is 1. The fraction of sp³-hybridized carbons (Fsp3) is 0.450. The SMILES string of the molecule is CC(C)(C)NNC(=O)c1ncn2c1CN(C(=O)N1CCCC1)c1ccccc1-2. The Balaban J connectivity index is 1.68. The Morgan fingerprint density at radius 3 is 2.43 bits per heavy atom. The van der Waals surface area contributed by atoms with E-state index in [1.165, 1.54) is 0 Å². The molecule has 0 radical (unpaired) electrons. The van der Waals surface area contributed by atoms with Gasteiger partial charge in [0, 0.05) is 18.6 Å². The first-order chi connectivity index (χ1) is 13.3. The molecule has 1 aromatic heterocycles. The first kappa shape index (κ1) is 18.5. The standard InChI is InChI=1S/C20H26N6O2/c1-20(2,3)23-22-18(27)17-16-12-25(19(28)24-10-6-7-11-24)14-8-4-5-9-15(14)26(16)13-21-17/h4-5,8-9,13,23H,6-7,10-12H2,1-3H3,(H,22,27). The molecule has 1 fully saturated rings. The van der Waals surface area contributed by atoms with Gasteiger partial charge in [-0.2, -0.15) is 0 Å². The number of rotatable bonds is 2. The molecule has 4 rings (SSSR count). The van der Waals surface area contributed by atoms with Gasteiger partial charge >= 0.3 is 6.03 Å². The fourth-order valence-corrected chi connectivity index (χ4v) is 3.61. The average molecular weight is 382 g/mol. The number of anilines is 1. The van der Waals surface area contributed by atoms with Crippen LogP contribution in [0.1, 0.15) is 49.8 Å². The maximum atomic E-state index is 13.1. The smallest absolute Gasteiger partial charge is 0.324 e. The number of likely N-dealkylation sites (tertiary alicyclic amines) is 1. The molecule has 0 saturated carbocycles. The van der Waals surface area contributed by atoms with Gasteiger partial charge in [-0.1, -0.05) is 12.1 Å². The van der Waals surface area contributed by atoms with Crippen molar-refractivity contribution in [1.82, 2.24) is 25.3 Å². The molecule has 1 aromatic carbocycles. The van der Waals surface area contributed by atoms with Crippen LogP contribution in [0, 0.1) is 0 Å². The first-order valence-electron chi connectivity index (χ1n) is 9.65. The molecular formula is C20H26N6O2. The molecule has 0 atom stereocenters. The van der Waals surface area contributed by atoms with E-state index in [0.29, 0.717) is 17.9 Å². The van der Waals surface area contributed by atoms with Crippen LogP contribution in [0.2, 0.25) is 0 Å². The third-order valence-electron chi connectivity index (χ3n) is 4.98. The van der Waals surface area contributed by atoms with Crippen LogP contribution < -0.4 is 15.8 Å². The molecule has 3 heterocycles. The number of imidazole rings is 1. The van der Waals surface area contributed by atoms with Crippen molar-refractivity contribution in [2.75, 3.05) is 18.0 Å². The van der Waals surface area contributed by atoms with Crippen molar-refractivity contribution >= 4 is 17.6 Å². The zero-order valence-electron chi connectivity index (χ0n) is 16.5. The van der Waals surface area contributed by atoms with Gasteiger partial charge in [-0.25, -0.2) is 15.2 Å². The summed E-state index contributed by atoms with van der Waals surface area (Å²) < 4.78 is 1.90. The van der Waals surface area contributed by atoms with E-state index in [1.54, 1.807) is 11.2 Å². The number of para-hydroxylation sites is 2. The Morgan fingerprint density at radius 2 is 1.75 bits per heavy atom. The van der Waals surface area contributed by atoms with Gasteiger partial charge < -0.3 is 4.90 Å². The van der Waals surface area contributed by atoms with Gasteiger partial charge in [0.1, 0.15) is 6.33 Å². The summed E-state index contributed by atoms with van der Waals surface area (Å²) in [6.07, 6.45) is 3.72. The fourth-order valence-electron chi connectivity index (χ4n) is 3.61. The van der Waals surface area contributed by atoms with Crippen molar-refractivity contribution in [3.05, 3.63) is 42.0 Å². The highest BCUT2D eigenvalue weighted by Crippen LogP contribution is 2.34. The number of fused-ring (bicyclic) bond motifs is 3. The summed E-state index contributed by atoms with van der Waals surface area (Å²) in [5.74, 6) is -0.309. The van der Waals surface area contributed by atoms with Crippen LogP contribution >= 0.6 is 0 Å². The lowest BCUT2D eigenvalue weighted by atomic mass is 10.1. The van der Waals surface area contributed by atoms with E-state index in [2.05, 4.69) is 15.8 Å². The number of hydrogen-bond donors (Lipinski definition) is 2. The van der Waals surface area contributed by atoms with Gasteiger partial charge in [-0.05, 0) is 45.7 Å². The highest BCUT2D eigenvalue weighted by Gasteiger charge is 2.33. The van der Waals surface area contributed by atoms with Crippen molar-refractivity contribution < 1.29 is 9.59 Å². The van der Waals surface area contributed by atoms with Gasteiger partial charge in [-0.3, -0.25) is 19.7 Å². The lowest BCUT2D eigenvalue weighted by Crippen LogP contribution is -2.49. The van der Waals surface area contributed by atoms with E-state index in [4.69, 9.17) is 0 Å². The maximum absolute atomic E-state index is 13.1. The lowest BCUT2D eigenvalue weighted by Gasteiger charge is -2.33. The number of carbonyl (C=O) groups is 2. The molecule has 148 valence electrons. The van der Waals surface area contributed by atoms with Crippen molar-refractivity contribution in [2.45, 2.75) is 45.7 Å². The van der Waals surface area contributed by atoms with E-state index in [9.17, 15) is 9.59 Å². The van der Waals surface area contributed by atoms with E-state index in [1.807, 2.05) is 54.5 Å². The van der Waals surface area contributed by atoms with Crippen molar-refractivity contribution in [3.8, 4) is 5.69 Å². The Labute approximate surface area is 164 Å². The number of nitrogens with zero attached hydrogens (tertiary/aromatic N) is 4. The molecule has 8 nitrogen and oxygen atoms in total. The molecule has 2 N–H and O–H groups in total. The zero-order valence-corrected chi connectivity index (χ0v) is 16.5. The Kier molecular flexibility index (Phi) is 4.58. The van der Waals surface area contributed by atoms with Gasteiger partial charge in [0.15, 0.2) is 5.69 Å². The van der Waals surface area contributed by atoms with Gasteiger partial charge in [-0.15, -0.1) is 0 Å². The number of urea groups is 1. The molecule has 3 amide bonds. The molecule has 0 unspecified atom stereocenters. The lowest BCUT2D eigenvalue weighted by molar-refractivity contribution is 0.0908. The number of amides is 3. The minimum Gasteiger partial charge on any atom is -0.324 e. The zero-order chi connectivity index (χ0) is 19.9. The van der Waals surface area contributed by atoms with Crippen LogP contribution in [0.5, 0.6) is 0 Å². The summed E-state index contributed by atoms with van der Waals surface area (Å²) in [6, 6.07) is 7.71. The van der Waals surface area contributed by atoms with Crippen LogP contribution in [0.3, 0.4) is 0 Å². The molecular weight excluding hydrogens is 356 g/mol. The second-order valence-electron chi connectivity index (χ2n) is 8.29. The minimum atomic E-state index is -0.309. The Bertz CT molecular complexity index is 908. The van der Waals surface area contributed by atoms with Gasteiger partial charge in [0.05, 0.1) is 23.6 Å². The third kappa shape index (κ3) is 3.35. The number of carbonyl (C=O) groups excluding carboxylic acids is 2. The maximum Gasteiger partial charge on any atom is 0.324 e. The van der Waals surface area contributed by atoms with E-state index >= 15 is 0 Å². The molecule has 1 saturated heterocycles. The van der Waals surface area contributed by atoms with Crippen molar-refractivity contribution in [3.63, 3.8) is 0 Å². The number of hydrogen-bond acceptors (Lipinski definition) is 4. The highest BCUT2D eigenvalue weighted by molar-refractivity contribution is 5.98. The van der Waals surface area contributed by atoms with E-state index in [-0.39, 0.29) is 17.5 Å². The number of hydrazine groups is 1. The monoisotopic (exact) mass is 382 g/mol. The van der Waals surface area contributed by atoms with Gasteiger partial charge in [0.2, 0.25) is 0 Å². The summed E-state index contributed by atoms with van der Waals surface area (Å²) in [6.45, 7) is 7.75. The number of aromatic nitrogens is 2. The highest BCUT2D eigenvalue weighted by atomic mass is 16.2. The van der Waals surface area contributed by atoms with Crippen LogP contribution in [0.4, 0.5) is 10.5 Å². The second-order valence-corrected chi connectivity index (χ2v) is 8.29. The predicted molar refractivity (Wildman–Crippen MR) is 106 cm³/mol. The molecule has 8 heteroatoms. The molecule has 0 spiro atoms. The predicted octanol–water partition coefficient (Wildman–Crippen LogP) is 2.44. The number of nitrogens with one attached hydrogen (secondary N) is 2. The van der Waals surface area contributed by atoms with Crippen LogP contribution in [-0.4, -0.2) is 45.0 Å². The normalized spacial score (nSPS) is 16.0. The molecule has 0 bridgehead atoms. The Hall–Kier alpha value is -2.87. The van der Waals surface area contributed by atoms with Crippen LogP contribution in [-0.2, 0) is 6.54 Å². The molecule has 2 aliphatic rings. The van der Waals surface area contributed by atoms with E-state index < -0.39 is 0 Å². The minimum absolute atomic E-state index is 0.0171. The molecule has 2 aliphatic heterocycles. The van der Waals surface area contributed by atoms with Crippen molar-refractivity contribution in [2.24, 2.45) is 0 Å². The van der Waals surface area contributed by atoms with Crippen molar-refractivity contribution in [1.29, 1.82) is 0 Å². The molecule has 28 heavy (non-hydrogen) atoms. The summed E-state index contributed by atoms with van der Waals surface area (Å²) in [4.78, 5) is 33.8. The summed E-state index contributed by atoms with van der Waals surface area (Å²) in [5.41, 5.74) is 8.16. The van der Waals surface area contributed by atoms with Crippen LogP contribution in [0.15, 0.2) is 30.6 Å². The van der Waals surface area contributed by atoms with Gasteiger partial charge in [0.25, 0.3) is 5.91 Å². The third-order valence-corrected chi connectivity index (χ3v) is 4.98. The first-order valence-corrected chi connectivity index (χ1v) is 9.65. The van der Waals surface area contributed by atoms with E-state index in [0.717, 1.165) is 37.3 Å². The summed E-state index contributed by atoms with van der Waals surface area (Å²) in [5, 5.41) is 0. The topological polar surface area (TPSA) is 82.5 Å². The van der Waals surface area contributed by atoms with Crippen LogP contribution in [0.25, 0.3) is 5.69 Å². The summed E-state index contributed by atoms with van der Waals surface area (Å²) >= 11 is 0.